The Kier molecular flexibility index (Phi) is 15.3. The van der Waals surface area contributed by atoms with Crippen LogP contribution >= 0.6 is 0 Å². The summed E-state index contributed by atoms with van der Waals surface area (Å²) in [5, 5.41) is 0. The lowest BCUT2D eigenvalue weighted by molar-refractivity contribution is -0.163. The van der Waals surface area contributed by atoms with E-state index >= 15 is 0 Å². The van der Waals surface area contributed by atoms with Crippen LogP contribution in [0.3, 0.4) is 0 Å². The van der Waals surface area contributed by atoms with E-state index < -0.39 is 23.5 Å². The quantitative estimate of drug-likeness (QED) is 0.104. The van der Waals surface area contributed by atoms with Crippen molar-refractivity contribution in [2.24, 2.45) is 17.8 Å². The van der Waals surface area contributed by atoms with Crippen molar-refractivity contribution in [1.82, 2.24) is 0 Å². The molecule has 0 N–H and O–H groups in total. The van der Waals surface area contributed by atoms with Gasteiger partial charge in [-0.1, -0.05) is 74.9 Å². The van der Waals surface area contributed by atoms with Gasteiger partial charge in [0, 0.05) is 5.92 Å². The van der Waals surface area contributed by atoms with Crippen LogP contribution in [-0.4, -0.2) is 44.0 Å². The Morgan fingerprint density at radius 1 is 0.881 bits per heavy atom. The Morgan fingerprint density at radius 3 is 2.17 bits per heavy atom. The van der Waals surface area contributed by atoms with Crippen LogP contribution in [0.2, 0.25) is 0 Å². The largest absolute Gasteiger partial charge is 0.497 e. The summed E-state index contributed by atoms with van der Waals surface area (Å²) in [4.78, 5) is 25.4. The van der Waals surface area contributed by atoms with Crippen molar-refractivity contribution in [3.63, 3.8) is 0 Å². The summed E-state index contributed by atoms with van der Waals surface area (Å²) in [5.41, 5.74) is 1.32. The first-order valence-corrected chi connectivity index (χ1v) is 14.9. The highest BCUT2D eigenvalue weighted by molar-refractivity contribution is 5.80. The van der Waals surface area contributed by atoms with Gasteiger partial charge in [-0.15, -0.1) is 0 Å². The van der Waals surface area contributed by atoms with Gasteiger partial charge in [0.25, 0.3) is 0 Å². The number of ether oxygens (including phenoxy) is 5. The molecule has 0 aromatic heterocycles. The molecule has 0 saturated carbocycles. The third kappa shape index (κ3) is 14.6. The molecule has 0 bridgehead atoms. The summed E-state index contributed by atoms with van der Waals surface area (Å²) < 4.78 is 28.3. The van der Waals surface area contributed by atoms with E-state index in [2.05, 4.69) is 26.8 Å². The average molecular weight is 583 g/mol. The molecular formula is C35H50O7. The lowest BCUT2D eigenvalue weighted by Gasteiger charge is -2.23. The van der Waals surface area contributed by atoms with Gasteiger partial charge in [0.1, 0.15) is 18.0 Å². The molecule has 0 spiro atoms. The first kappa shape index (κ1) is 35.0. The van der Waals surface area contributed by atoms with Crippen molar-refractivity contribution < 1.29 is 33.3 Å². The highest BCUT2D eigenvalue weighted by Crippen LogP contribution is 2.22. The van der Waals surface area contributed by atoms with Gasteiger partial charge in [-0.05, 0) is 63.3 Å². The molecule has 2 aromatic rings. The van der Waals surface area contributed by atoms with Crippen LogP contribution in [0.5, 0.6) is 5.75 Å². The van der Waals surface area contributed by atoms with Crippen molar-refractivity contribution in [1.29, 1.82) is 0 Å². The van der Waals surface area contributed by atoms with Crippen molar-refractivity contribution in [2.75, 3.05) is 20.3 Å². The zero-order chi connectivity index (χ0) is 31.0. The van der Waals surface area contributed by atoms with Crippen molar-refractivity contribution >= 4 is 11.9 Å². The lowest BCUT2D eigenvalue weighted by Crippen LogP contribution is -2.30. The lowest BCUT2D eigenvalue weighted by atomic mass is 9.93. The maximum Gasteiger partial charge on any atom is 0.312 e. The highest BCUT2D eigenvalue weighted by atomic mass is 16.6. The van der Waals surface area contributed by atoms with E-state index in [9.17, 15) is 9.59 Å². The van der Waals surface area contributed by atoms with Crippen molar-refractivity contribution in [2.45, 2.75) is 85.7 Å². The molecular weight excluding hydrogens is 532 g/mol. The highest BCUT2D eigenvalue weighted by Gasteiger charge is 2.27. The van der Waals surface area contributed by atoms with Gasteiger partial charge in [-0.2, -0.15) is 0 Å². The second kappa shape index (κ2) is 18.4. The molecule has 7 nitrogen and oxygen atoms in total. The van der Waals surface area contributed by atoms with Gasteiger partial charge in [-0.3, -0.25) is 9.59 Å². The van der Waals surface area contributed by atoms with Gasteiger partial charge < -0.3 is 23.7 Å². The molecule has 2 aromatic carbocycles. The second-order valence-electron chi connectivity index (χ2n) is 12.0. The number of carbonyl (C=O) groups excluding carboxylic acids is 2. The standard InChI is InChI=1S/C35H50O7/c1-26(2)15-18-30(27(3)40-23-29-16-19-32(38-7)20-17-29)14-11-21-39-25-31(22-33(36)42-35(4,5)6)34(37)41-24-28-12-9-8-10-13-28/h8-14,16-17,19-20,26-27,30-31H,15,18,21-25H2,1-7H3/b14-11+/t27-,30-,31-/m0/s1. The topological polar surface area (TPSA) is 80.3 Å². The van der Waals surface area contributed by atoms with Crippen molar-refractivity contribution in [3.8, 4) is 5.75 Å². The van der Waals surface area contributed by atoms with Gasteiger partial charge in [0.05, 0.1) is 45.4 Å². The molecule has 0 aliphatic heterocycles. The van der Waals surface area contributed by atoms with E-state index in [-0.39, 0.29) is 31.7 Å². The van der Waals surface area contributed by atoms with E-state index in [4.69, 9.17) is 23.7 Å². The van der Waals surface area contributed by atoms with E-state index in [1.54, 1.807) is 27.9 Å². The molecule has 0 amide bonds. The second-order valence-corrected chi connectivity index (χ2v) is 12.0. The third-order valence-corrected chi connectivity index (χ3v) is 6.66. The minimum absolute atomic E-state index is 0.00924. The summed E-state index contributed by atoms with van der Waals surface area (Å²) in [5.74, 6) is -0.0872. The fraction of sp³-hybridized carbons (Fsp3) is 0.543. The monoisotopic (exact) mass is 582 g/mol. The minimum Gasteiger partial charge on any atom is -0.497 e. The average Bonchev–Trinajstić information content (AvgIpc) is 2.95. The fourth-order valence-corrected chi connectivity index (χ4v) is 4.24. The van der Waals surface area contributed by atoms with Crippen LogP contribution < -0.4 is 4.74 Å². The molecule has 2 rings (SSSR count). The molecule has 0 unspecified atom stereocenters. The predicted octanol–water partition coefficient (Wildman–Crippen LogP) is 7.32. The molecule has 232 valence electrons. The number of methoxy groups -OCH3 is 1. The summed E-state index contributed by atoms with van der Waals surface area (Å²) in [6, 6.07) is 17.3. The SMILES string of the molecule is COc1ccc(CO[C@@H](C)[C@@H](/C=C/COC[C@H](CC(=O)OC(C)(C)C)C(=O)OCc2ccccc2)CCC(C)C)cc1. The van der Waals surface area contributed by atoms with E-state index in [1.807, 2.05) is 60.7 Å². The zero-order valence-corrected chi connectivity index (χ0v) is 26.5. The fourth-order valence-electron chi connectivity index (χ4n) is 4.24. The smallest absolute Gasteiger partial charge is 0.312 e. The number of esters is 2. The van der Waals surface area contributed by atoms with Crippen LogP contribution in [-0.2, 0) is 41.8 Å². The number of hydrogen-bond donors (Lipinski definition) is 0. The third-order valence-electron chi connectivity index (χ3n) is 6.66. The van der Waals surface area contributed by atoms with Crippen LogP contribution in [0.1, 0.15) is 71.9 Å². The molecule has 3 atom stereocenters. The maximum atomic E-state index is 12.9. The van der Waals surface area contributed by atoms with Crippen LogP contribution in [0, 0.1) is 17.8 Å². The molecule has 0 heterocycles. The van der Waals surface area contributed by atoms with E-state index in [0.717, 1.165) is 29.7 Å². The van der Waals surface area contributed by atoms with Gasteiger partial charge in [0.15, 0.2) is 0 Å². The Bertz CT molecular complexity index is 1070. The van der Waals surface area contributed by atoms with Crippen LogP contribution in [0.15, 0.2) is 66.7 Å². The van der Waals surface area contributed by atoms with E-state index in [0.29, 0.717) is 19.1 Å². The van der Waals surface area contributed by atoms with Crippen LogP contribution in [0.25, 0.3) is 0 Å². The van der Waals surface area contributed by atoms with Gasteiger partial charge in [0.2, 0.25) is 0 Å². The summed E-state index contributed by atoms with van der Waals surface area (Å²) in [6.07, 6.45) is 6.08. The van der Waals surface area contributed by atoms with Crippen molar-refractivity contribution in [3.05, 3.63) is 77.9 Å². The number of carbonyl (C=O) groups is 2. The number of rotatable bonds is 18. The molecule has 0 fully saturated rings. The molecule has 42 heavy (non-hydrogen) atoms. The molecule has 0 aliphatic carbocycles. The van der Waals surface area contributed by atoms with E-state index in [1.165, 1.54) is 0 Å². The predicted molar refractivity (Wildman–Crippen MR) is 165 cm³/mol. The van der Waals surface area contributed by atoms with Gasteiger partial charge in [-0.25, -0.2) is 0 Å². The first-order chi connectivity index (χ1) is 20.0. The normalized spacial score (nSPS) is 14.0. The zero-order valence-electron chi connectivity index (χ0n) is 26.5. The molecule has 0 radical (unpaired) electrons. The first-order valence-electron chi connectivity index (χ1n) is 14.9. The molecule has 7 heteroatoms. The Morgan fingerprint density at radius 2 is 1.55 bits per heavy atom. The van der Waals surface area contributed by atoms with Crippen LogP contribution in [0.4, 0.5) is 0 Å². The van der Waals surface area contributed by atoms with Gasteiger partial charge >= 0.3 is 11.9 Å². The number of benzene rings is 2. The summed E-state index contributed by atoms with van der Waals surface area (Å²) in [7, 11) is 1.65. The summed E-state index contributed by atoms with van der Waals surface area (Å²) >= 11 is 0. The Balaban J connectivity index is 1.94. The maximum absolute atomic E-state index is 12.9. The molecule has 0 aliphatic rings. The Labute approximate surface area is 252 Å². The minimum atomic E-state index is -0.763. The summed E-state index contributed by atoms with van der Waals surface area (Å²) in [6.45, 7) is 12.9. The molecule has 0 saturated heterocycles. The Hall–Kier alpha value is -3.16. The number of hydrogen-bond acceptors (Lipinski definition) is 7.